The van der Waals surface area contributed by atoms with Gasteiger partial charge in [0.05, 0.1) is 5.54 Å². The van der Waals surface area contributed by atoms with E-state index in [-0.39, 0.29) is 30.7 Å². The fourth-order valence-electron chi connectivity index (χ4n) is 2.16. The number of nitrogens with two attached hydrogens (primary N) is 1. The molecule has 1 fully saturated rings. The summed E-state index contributed by atoms with van der Waals surface area (Å²) in [4.78, 5) is 14.3. The summed E-state index contributed by atoms with van der Waals surface area (Å²) in [6, 6.07) is 8.06. The van der Waals surface area contributed by atoms with Crippen LogP contribution in [0.15, 0.2) is 24.3 Å². The molecule has 0 spiro atoms. The van der Waals surface area contributed by atoms with E-state index < -0.39 is 5.54 Å². The molecule has 0 saturated carbocycles. The third kappa shape index (κ3) is 7.77. The third-order valence-corrected chi connectivity index (χ3v) is 4.56. The summed E-state index contributed by atoms with van der Waals surface area (Å²) in [5.41, 5.74) is 7.02. The van der Waals surface area contributed by atoms with Gasteiger partial charge in [0.2, 0.25) is 5.91 Å². The van der Waals surface area contributed by atoms with E-state index in [0.717, 1.165) is 18.7 Å². The van der Waals surface area contributed by atoms with Gasteiger partial charge in [-0.05, 0) is 38.0 Å². The number of carbonyl (C=O) groups excluding carboxylic acids is 1. The number of anilines is 1. The standard InChI is InChI=1S/C16H25N3OS.2ClH/c1-16(2,17)15(20)18-14-5-3-13(4-6-14)7-8-19-9-11-21-12-10-19;;/h3-6H,7-12,17H2,1-2H3,(H,18,20);2*1H. The molecule has 0 aromatic heterocycles. The summed E-state index contributed by atoms with van der Waals surface area (Å²) >= 11 is 2.04. The van der Waals surface area contributed by atoms with Crippen LogP contribution in [0.25, 0.3) is 0 Å². The Morgan fingerprint density at radius 1 is 1.22 bits per heavy atom. The van der Waals surface area contributed by atoms with Crippen molar-refractivity contribution in [2.24, 2.45) is 5.73 Å². The van der Waals surface area contributed by atoms with Crippen LogP contribution in [-0.4, -0.2) is 47.5 Å². The lowest BCUT2D eigenvalue weighted by molar-refractivity contribution is -0.120. The van der Waals surface area contributed by atoms with Gasteiger partial charge in [-0.25, -0.2) is 0 Å². The molecule has 0 aliphatic carbocycles. The van der Waals surface area contributed by atoms with Gasteiger partial charge < -0.3 is 16.0 Å². The number of nitrogens with zero attached hydrogens (tertiary/aromatic N) is 1. The number of halogens is 2. The number of hydrogen-bond acceptors (Lipinski definition) is 4. The Morgan fingerprint density at radius 2 is 1.78 bits per heavy atom. The molecule has 0 bridgehead atoms. The molecule has 1 saturated heterocycles. The fourth-order valence-corrected chi connectivity index (χ4v) is 3.14. The predicted octanol–water partition coefficient (Wildman–Crippen LogP) is 2.80. The minimum atomic E-state index is -0.856. The van der Waals surface area contributed by atoms with Crippen LogP contribution in [0.1, 0.15) is 19.4 Å². The molecule has 1 aromatic carbocycles. The van der Waals surface area contributed by atoms with Crippen molar-refractivity contribution < 1.29 is 4.79 Å². The predicted molar refractivity (Wildman–Crippen MR) is 105 cm³/mol. The second kappa shape index (κ2) is 10.4. The van der Waals surface area contributed by atoms with Crippen LogP contribution < -0.4 is 11.1 Å². The molecule has 132 valence electrons. The highest BCUT2D eigenvalue weighted by molar-refractivity contribution is 7.99. The monoisotopic (exact) mass is 379 g/mol. The van der Waals surface area contributed by atoms with Crippen molar-refractivity contribution in [1.82, 2.24) is 4.90 Å². The molecule has 4 nitrogen and oxygen atoms in total. The van der Waals surface area contributed by atoms with E-state index in [0.29, 0.717) is 0 Å². The Kier molecular flexibility index (Phi) is 10.2. The molecule has 23 heavy (non-hydrogen) atoms. The topological polar surface area (TPSA) is 58.4 Å². The van der Waals surface area contributed by atoms with Gasteiger partial charge in [-0.3, -0.25) is 4.79 Å². The van der Waals surface area contributed by atoms with Crippen LogP contribution >= 0.6 is 36.6 Å². The Bertz CT molecular complexity index is 471. The second-order valence-electron chi connectivity index (χ2n) is 6.08. The number of carbonyl (C=O) groups is 1. The molecule has 1 aliphatic rings. The highest BCUT2D eigenvalue weighted by atomic mass is 35.5. The molecule has 0 unspecified atom stereocenters. The average molecular weight is 380 g/mol. The minimum Gasteiger partial charge on any atom is -0.325 e. The van der Waals surface area contributed by atoms with Crippen molar-refractivity contribution >= 4 is 48.2 Å². The van der Waals surface area contributed by atoms with Crippen LogP contribution in [0, 0.1) is 0 Å². The van der Waals surface area contributed by atoms with E-state index in [1.54, 1.807) is 13.8 Å². The zero-order valence-corrected chi connectivity index (χ0v) is 16.2. The van der Waals surface area contributed by atoms with Crippen molar-refractivity contribution in [1.29, 1.82) is 0 Å². The molecule has 1 amide bonds. The largest absolute Gasteiger partial charge is 0.325 e. The van der Waals surface area contributed by atoms with Gasteiger partial charge in [0, 0.05) is 36.8 Å². The SMILES string of the molecule is CC(C)(N)C(=O)Nc1ccc(CCN2CCSCC2)cc1.Cl.Cl. The number of amides is 1. The maximum absolute atomic E-state index is 11.8. The fraction of sp³-hybridized carbons (Fsp3) is 0.562. The summed E-state index contributed by atoms with van der Waals surface area (Å²) < 4.78 is 0. The van der Waals surface area contributed by atoms with E-state index in [9.17, 15) is 4.79 Å². The van der Waals surface area contributed by atoms with Crippen molar-refractivity contribution in [3.63, 3.8) is 0 Å². The first-order chi connectivity index (χ1) is 9.95. The highest BCUT2D eigenvalue weighted by Crippen LogP contribution is 2.14. The summed E-state index contributed by atoms with van der Waals surface area (Å²) in [7, 11) is 0. The van der Waals surface area contributed by atoms with Gasteiger partial charge in [0.25, 0.3) is 0 Å². The van der Waals surface area contributed by atoms with Crippen molar-refractivity contribution in [3.05, 3.63) is 29.8 Å². The van der Waals surface area contributed by atoms with Crippen LogP contribution in [0.2, 0.25) is 0 Å². The Balaban J connectivity index is 0.00000242. The molecule has 0 radical (unpaired) electrons. The Morgan fingerprint density at radius 3 is 2.30 bits per heavy atom. The average Bonchev–Trinajstić information content (AvgIpc) is 2.46. The van der Waals surface area contributed by atoms with Crippen LogP contribution in [0.5, 0.6) is 0 Å². The number of rotatable bonds is 5. The zero-order valence-electron chi connectivity index (χ0n) is 13.7. The number of thioether (sulfide) groups is 1. The summed E-state index contributed by atoms with van der Waals surface area (Å²) in [6.45, 7) is 6.91. The molecular formula is C16H27Cl2N3OS. The van der Waals surface area contributed by atoms with Gasteiger partial charge in [-0.1, -0.05) is 12.1 Å². The normalized spacial score (nSPS) is 15.3. The molecule has 7 heteroatoms. The molecule has 1 aromatic rings. The van der Waals surface area contributed by atoms with Gasteiger partial charge in [0.15, 0.2) is 0 Å². The summed E-state index contributed by atoms with van der Waals surface area (Å²) in [5, 5.41) is 2.84. The van der Waals surface area contributed by atoms with Crippen LogP contribution in [0.3, 0.4) is 0 Å². The molecular weight excluding hydrogens is 353 g/mol. The zero-order chi connectivity index (χ0) is 15.3. The lowest BCUT2D eigenvalue weighted by Crippen LogP contribution is -2.45. The first-order valence-electron chi connectivity index (χ1n) is 7.44. The van der Waals surface area contributed by atoms with Gasteiger partial charge in [-0.15, -0.1) is 24.8 Å². The summed E-state index contributed by atoms with van der Waals surface area (Å²) in [5.74, 6) is 2.33. The van der Waals surface area contributed by atoms with Crippen molar-refractivity contribution in [2.45, 2.75) is 25.8 Å². The van der Waals surface area contributed by atoms with Crippen molar-refractivity contribution in [2.75, 3.05) is 36.5 Å². The van der Waals surface area contributed by atoms with Gasteiger partial charge in [-0.2, -0.15) is 11.8 Å². The smallest absolute Gasteiger partial charge is 0.243 e. The quantitative estimate of drug-likeness (QED) is 0.825. The Labute approximate surface area is 155 Å². The highest BCUT2D eigenvalue weighted by Gasteiger charge is 2.21. The van der Waals surface area contributed by atoms with E-state index >= 15 is 0 Å². The van der Waals surface area contributed by atoms with E-state index in [4.69, 9.17) is 5.73 Å². The van der Waals surface area contributed by atoms with E-state index in [2.05, 4.69) is 22.3 Å². The third-order valence-electron chi connectivity index (χ3n) is 3.62. The van der Waals surface area contributed by atoms with Crippen LogP contribution in [-0.2, 0) is 11.2 Å². The minimum absolute atomic E-state index is 0. The number of hydrogen-bond donors (Lipinski definition) is 2. The molecule has 2 rings (SSSR count). The first-order valence-corrected chi connectivity index (χ1v) is 8.60. The van der Waals surface area contributed by atoms with Crippen LogP contribution in [0.4, 0.5) is 5.69 Å². The van der Waals surface area contributed by atoms with Gasteiger partial charge >= 0.3 is 0 Å². The molecule has 0 atom stereocenters. The van der Waals surface area contributed by atoms with E-state index in [1.807, 2.05) is 23.9 Å². The molecule has 3 N–H and O–H groups in total. The lowest BCUT2D eigenvalue weighted by Gasteiger charge is -2.26. The number of nitrogens with one attached hydrogen (secondary N) is 1. The maximum Gasteiger partial charge on any atom is 0.243 e. The lowest BCUT2D eigenvalue weighted by atomic mass is 10.1. The number of benzene rings is 1. The van der Waals surface area contributed by atoms with E-state index in [1.165, 1.54) is 30.2 Å². The van der Waals surface area contributed by atoms with Gasteiger partial charge in [0.1, 0.15) is 0 Å². The Hall–Kier alpha value is -0.460. The van der Waals surface area contributed by atoms with Crippen molar-refractivity contribution in [3.8, 4) is 0 Å². The maximum atomic E-state index is 11.8. The first kappa shape index (κ1) is 22.5. The summed E-state index contributed by atoms with van der Waals surface area (Å²) in [6.07, 6.45) is 1.06. The second-order valence-corrected chi connectivity index (χ2v) is 7.30. The molecule has 1 heterocycles. The molecule has 1 aliphatic heterocycles.